The van der Waals surface area contributed by atoms with Gasteiger partial charge in [-0.2, -0.15) is 0 Å². The molecule has 2 rings (SSSR count). The molecule has 0 aliphatic carbocycles. The van der Waals surface area contributed by atoms with Crippen LogP contribution in [0.15, 0.2) is 48.2 Å². The van der Waals surface area contributed by atoms with Crippen molar-refractivity contribution in [3.8, 4) is 17.2 Å². The molecule has 0 bridgehead atoms. The molecule has 0 atom stereocenters. The van der Waals surface area contributed by atoms with Crippen LogP contribution in [0.2, 0.25) is 0 Å². The lowest BCUT2D eigenvalue weighted by Crippen LogP contribution is -2.04. The summed E-state index contributed by atoms with van der Waals surface area (Å²) in [5.74, 6) is 0.611. The number of aliphatic carboxylic acids is 1. The first-order valence-corrected chi connectivity index (χ1v) is 8.09. The maximum absolute atomic E-state index is 11.2. The topological polar surface area (TPSA) is 74.2 Å². The Bertz CT molecular complexity index is 764. The molecule has 0 amide bonds. The molecular weight excluding hydrogens is 336 g/mol. The third-order valence-corrected chi connectivity index (χ3v) is 3.55. The van der Waals surface area contributed by atoms with E-state index in [1.807, 2.05) is 24.3 Å². The van der Waals surface area contributed by atoms with Crippen LogP contribution in [0.1, 0.15) is 18.1 Å². The molecule has 26 heavy (non-hydrogen) atoms. The van der Waals surface area contributed by atoms with Crippen LogP contribution in [0.3, 0.4) is 0 Å². The van der Waals surface area contributed by atoms with Crippen LogP contribution in [0.5, 0.6) is 17.2 Å². The summed E-state index contributed by atoms with van der Waals surface area (Å²) in [6.07, 6.45) is 1.45. The van der Waals surface area contributed by atoms with Gasteiger partial charge in [0.15, 0.2) is 11.5 Å². The largest absolute Gasteiger partial charge is 0.497 e. The van der Waals surface area contributed by atoms with Crippen LogP contribution < -0.4 is 14.2 Å². The van der Waals surface area contributed by atoms with E-state index in [-0.39, 0.29) is 12.4 Å². The zero-order chi connectivity index (χ0) is 18.9. The Hall–Kier alpha value is -3.15. The van der Waals surface area contributed by atoms with E-state index in [0.29, 0.717) is 23.7 Å². The zero-order valence-electron chi connectivity index (χ0n) is 15.0. The predicted molar refractivity (Wildman–Crippen MR) is 97.6 cm³/mol. The molecule has 0 fully saturated rings. The minimum absolute atomic E-state index is 0.124. The highest BCUT2D eigenvalue weighted by Crippen LogP contribution is 2.30. The molecule has 0 unspecified atom stereocenters. The fraction of sp³-hybridized carbons (Fsp3) is 0.250. The minimum Gasteiger partial charge on any atom is -0.497 e. The number of carboxylic acids is 1. The van der Waals surface area contributed by atoms with Crippen molar-refractivity contribution in [2.24, 2.45) is 0 Å². The number of ether oxygens (including phenoxy) is 4. The first kappa shape index (κ1) is 19.2. The molecule has 0 aromatic heterocycles. The van der Waals surface area contributed by atoms with Gasteiger partial charge >= 0.3 is 5.97 Å². The van der Waals surface area contributed by atoms with Gasteiger partial charge in [0, 0.05) is 0 Å². The second-order valence-electron chi connectivity index (χ2n) is 5.29. The van der Waals surface area contributed by atoms with E-state index in [1.165, 1.54) is 13.2 Å². The van der Waals surface area contributed by atoms with Crippen molar-refractivity contribution in [1.82, 2.24) is 0 Å². The van der Waals surface area contributed by atoms with Gasteiger partial charge in [-0.15, -0.1) is 0 Å². The normalized spacial score (nSPS) is 11.0. The van der Waals surface area contributed by atoms with E-state index in [1.54, 1.807) is 32.2 Å². The van der Waals surface area contributed by atoms with E-state index in [2.05, 4.69) is 0 Å². The molecule has 0 spiro atoms. The molecule has 0 radical (unpaired) electrons. The quantitative estimate of drug-likeness (QED) is 0.544. The molecule has 0 heterocycles. The SMILES string of the molecule is CCO/C(=C\c1ccc(OCc2ccc(OC)cc2)c(OC)c1)C(=O)O. The van der Waals surface area contributed by atoms with Crippen LogP contribution >= 0.6 is 0 Å². The van der Waals surface area contributed by atoms with Crippen LogP contribution in [0.25, 0.3) is 6.08 Å². The average molecular weight is 358 g/mol. The number of rotatable bonds is 9. The van der Waals surface area contributed by atoms with Gasteiger partial charge in [0.05, 0.1) is 20.8 Å². The molecule has 6 nitrogen and oxygen atoms in total. The molecule has 138 valence electrons. The molecule has 0 aliphatic rings. The summed E-state index contributed by atoms with van der Waals surface area (Å²) >= 11 is 0. The van der Waals surface area contributed by atoms with Crippen LogP contribution in [0, 0.1) is 0 Å². The highest BCUT2D eigenvalue weighted by molar-refractivity contribution is 5.90. The highest BCUT2D eigenvalue weighted by Gasteiger charge is 2.10. The summed E-state index contributed by atoms with van der Waals surface area (Å²) in [5.41, 5.74) is 1.63. The van der Waals surface area contributed by atoms with Gasteiger partial charge in [-0.1, -0.05) is 18.2 Å². The fourth-order valence-electron chi connectivity index (χ4n) is 2.25. The van der Waals surface area contributed by atoms with Crippen molar-refractivity contribution in [2.45, 2.75) is 13.5 Å². The summed E-state index contributed by atoms with van der Waals surface area (Å²) in [6.45, 7) is 2.38. The Morgan fingerprint density at radius 3 is 2.35 bits per heavy atom. The third kappa shape index (κ3) is 5.17. The molecule has 0 saturated heterocycles. The highest BCUT2D eigenvalue weighted by atomic mass is 16.5. The number of hydrogen-bond acceptors (Lipinski definition) is 5. The van der Waals surface area contributed by atoms with Gasteiger partial charge in [0.1, 0.15) is 12.4 Å². The summed E-state index contributed by atoms with van der Waals surface area (Å²) in [7, 11) is 3.15. The molecular formula is C20H22O6. The number of benzene rings is 2. The summed E-state index contributed by atoms with van der Waals surface area (Å²) in [6, 6.07) is 12.8. The fourth-order valence-corrected chi connectivity index (χ4v) is 2.25. The van der Waals surface area contributed by atoms with E-state index in [9.17, 15) is 4.79 Å². The lowest BCUT2D eigenvalue weighted by molar-refractivity contribution is -0.136. The van der Waals surface area contributed by atoms with Crippen molar-refractivity contribution in [2.75, 3.05) is 20.8 Å². The summed E-state index contributed by atoms with van der Waals surface area (Å²) in [4.78, 5) is 11.2. The Balaban J connectivity index is 2.14. The number of methoxy groups -OCH3 is 2. The molecule has 2 aromatic rings. The number of carbonyl (C=O) groups is 1. The van der Waals surface area contributed by atoms with E-state index in [0.717, 1.165) is 11.3 Å². The Morgan fingerprint density at radius 1 is 1.04 bits per heavy atom. The first-order chi connectivity index (χ1) is 12.6. The molecule has 1 N–H and O–H groups in total. The van der Waals surface area contributed by atoms with E-state index in [4.69, 9.17) is 24.1 Å². The number of hydrogen-bond donors (Lipinski definition) is 1. The van der Waals surface area contributed by atoms with Crippen LogP contribution in [-0.4, -0.2) is 31.9 Å². The van der Waals surface area contributed by atoms with Crippen molar-refractivity contribution < 1.29 is 28.8 Å². The Morgan fingerprint density at radius 2 is 1.77 bits per heavy atom. The van der Waals surface area contributed by atoms with Gasteiger partial charge in [-0.3, -0.25) is 0 Å². The Labute approximate surface area is 152 Å². The molecule has 0 aliphatic heterocycles. The van der Waals surface area contributed by atoms with Crippen molar-refractivity contribution >= 4 is 12.0 Å². The maximum atomic E-state index is 11.2. The van der Waals surface area contributed by atoms with Crippen molar-refractivity contribution in [3.05, 3.63) is 59.4 Å². The van der Waals surface area contributed by atoms with Crippen molar-refractivity contribution in [1.29, 1.82) is 0 Å². The first-order valence-electron chi connectivity index (χ1n) is 8.09. The van der Waals surface area contributed by atoms with Gasteiger partial charge in [-0.05, 0) is 48.4 Å². The van der Waals surface area contributed by atoms with Gasteiger partial charge < -0.3 is 24.1 Å². The minimum atomic E-state index is -1.12. The summed E-state index contributed by atoms with van der Waals surface area (Å²) < 4.78 is 21.4. The second-order valence-corrected chi connectivity index (χ2v) is 5.29. The molecule has 0 saturated carbocycles. The van der Waals surface area contributed by atoms with E-state index >= 15 is 0 Å². The standard InChI is InChI=1S/C20H22O6/c1-4-25-19(20(21)22)12-15-7-10-17(18(11-15)24-3)26-13-14-5-8-16(23-2)9-6-14/h5-12H,4,13H2,1-3H3,(H,21,22)/b19-12-. The molecule has 2 aromatic carbocycles. The second kappa shape index (κ2) is 9.36. The smallest absolute Gasteiger partial charge is 0.371 e. The van der Waals surface area contributed by atoms with Gasteiger partial charge in [0.25, 0.3) is 0 Å². The summed E-state index contributed by atoms with van der Waals surface area (Å²) in [5, 5.41) is 9.14. The monoisotopic (exact) mass is 358 g/mol. The van der Waals surface area contributed by atoms with Crippen LogP contribution in [0.4, 0.5) is 0 Å². The van der Waals surface area contributed by atoms with Crippen LogP contribution in [-0.2, 0) is 16.1 Å². The Kier molecular flexibility index (Phi) is 6.91. The lowest BCUT2D eigenvalue weighted by Gasteiger charge is -2.12. The van der Waals surface area contributed by atoms with Gasteiger partial charge in [-0.25, -0.2) is 4.79 Å². The maximum Gasteiger partial charge on any atom is 0.371 e. The lowest BCUT2D eigenvalue weighted by atomic mass is 10.1. The number of carboxylic acid groups (broad SMARTS) is 1. The average Bonchev–Trinajstić information content (AvgIpc) is 2.66. The predicted octanol–water partition coefficient (Wildman–Crippen LogP) is 3.74. The van der Waals surface area contributed by atoms with Gasteiger partial charge in [0.2, 0.25) is 5.76 Å². The molecule has 6 heteroatoms. The zero-order valence-corrected chi connectivity index (χ0v) is 15.0. The third-order valence-electron chi connectivity index (χ3n) is 3.55. The van der Waals surface area contributed by atoms with E-state index < -0.39 is 5.97 Å². The van der Waals surface area contributed by atoms with Crippen molar-refractivity contribution in [3.63, 3.8) is 0 Å².